The fourth-order valence-electron chi connectivity index (χ4n) is 2.32. The molecule has 4 heteroatoms. The lowest BCUT2D eigenvalue weighted by Crippen LogP contribution is -2.06. The molecular weight excluding hydrogens is 272 g/mol. The summed E-state index contributed by atoms with van der Waals surface area (Å²) in [6.07, 6.45) is 0.265. The van der Waals surface area contributed by atoms with Crippen LogP contribution in [0.5, 0.6) is 0 Å². The molecule has 0 fully saturated rings. The molecule has 1 heterocycles. The number of rotatable bonds is 3. The highest BCUT2D eigenvalue weighted by atomic mass is 35.5. The number of hydrogen-bond donors (Lipinski definition) is 0. The van der Waals surface area contributed by atoms with Crippen molar-refractivity contribution in [3.63, 3.8) is 0 Å². The van der Waals surface area contributed by atoms with Gasteiger partial charge in [0.25, 0.3) is 0 Å². The molecule has 0 unspecified atom stereocenters. The van der Waals surface area contributed by atoms with Crippen molar-refractivity contribution in [2.45, 2.75) is 6.42 Å². The van der Waals surface area contributed by atoms with Gasteiger partial charge in [-0.2, -0.15) is 5.10 Å². The first kappa shape index (κ1) is 12.9. The van der Waals surface area contributed by atoms with Crippen molar-refractivity contribution >= 4 is 28.3 Å². The van der Waals surface area contributed by atoms with E-state index in [-0.39, 0.29) is 12.2 Å². The van der Waals surface area contributed by atoms with Crippen LogP contribution in [0.3, 0.4) is 0 Å². The molecule has 3 nitrogen and oxygen atoms in total. The lowest BCUT2D eigenvalue weighted by atomic mass is 10.0. The number of aryl methyl sites for hydroxylation is 1. The average Bonchev–Trinajstić information content (AvgIpc) is 2.79. The van der Waals surface area contributed by atoms with Gasteiger partial charge in [0.1, 0.15) is 5.69 Å². The standard InChI is InChI=1S/C16H13ClN2O/c1-19-14-9-5-3-7-12(14)16(18-19)15(20)10-11-6-2-4-8-13(11)17/h2-9H,10H2,1H3. The zero-order valence-corrected chi connectivity index (χ0v) is 11.8. The predicted octanol–water partition coefficient (Wildman–Crippen LogP) is 3.65. The Morgan fingerprint density at radius 2 is 1.85 bits per heavy atom. The molecule has 0 amide bonds. The Morgan fingerprint density at radius 3 is 2.65 bits per heavy atom. The van der Waals surface area contributed by atoms with Crippen molar-refractivity contribution < 1.29 is 4.79 Å². The number of fused-ring (bicyclic) bond motifs is 1. The van der Waals surface area contributed by atoms with Gasteiger partial charge in [0.2, 0.25) is 0 Å². The molecule has 0 aliphatic heterocycles. The quantitative estimate of drug-likeness (QED) is 0.688. The van der Waals surface area contributed by atoms with E-state index in [1.165, 1.54) is 0 Å². The molecule has 2 aromatic carbocycles. The van der Waals surface area contributed by atoms with Crippen LogP contribution >= 0.6 is 11.6 Å². The van der Waals surface area contributed by atoms with Crippen molar-refractivity contribution in [2.24, 2.45) is 7.05 Å². The number of halogens is 1. The first-order chi connectivity index (χ1) is 9.66. The third-order valence-electron chi connectivity index (χ3n) is 3.33. The Labute approximate surface area is 121 Å². The predicted molar refractivity (Wildman–Crippen MR) is 80.2 cm³/mol. The van der Waals surface area contributed by atoms with Crippen molar-refractivity contribution in [3.05, 3.63) is 64.8 Å². The number of hydrogen-bond acceptors (Lipinski definition) is 2. The maximum Gasteiger partial charge on any atom is 0.188 e. The van der Waals surface area contributed by atoms with Gasteiger partial charge in [-0.3, -0.25) is 9.48 Å². The zero-order valence-electron chi connectivity index (χ0n) is 11.0. The Kier molecular flexibility index (Phi) is 3.28. The van der Waals surface area contributed by atoms with Crippen LogP contribution in [-0.2, 0) is 13.5 Å². The van der Waals surface area contributed by atoms with Crippen LogP contribution in [0.15, 0.2) is 48.5 Å². The molecule has 0 bridgehead atoms. The van der Waals surface area contributed by atoms with E-state index in [0.29, 0.717) is 10.7 Å². The van der Waals surface area contributed by atoms with Gasteiger partial charge in [-0.1, -0.05) is 48.0 Å². The molecule has 100 valence electrons. The maximum atomic E-state index is 12.5. The number of carbonyl (C=O) groups is 1. The number of benzene rings is 2. The fraction of sp³-hybridized carbons (Fsp3) is 0.125. The normalized spacial score (nSPS) is 10.9. The Morgan fingerprint density at radius 1 is 1.15 bits per heavy atom. The molecule has 0 spiro atoms. The van der Waals surface area contributed by atoms with Crippen LogP contribution in [0.25, 0.3) is 10.9 Å². The first-order valence-corrected chi connectivity index (χ1v) is 6.73. The summed E-state index contributed by atoms with van der Waals surface area (Å²) in [6, 6.07) is 15.1. The van der Waals surface area contributed by atoms with Crippen LogP contribution < -0.4 is 0 Å². The summed E-state index contributed by atoms with van der Waals surface area (Å²) in [7, 11) is 1.84. The van der Waals surface area contributed by atoms with Gasteiger partial charge in [-0.15, -0.1) is 0 Å². The third kappa shape index (κ3) is 2.21. The summed E-state index contributed by atoms with van der Waals surface area (Å²) in [6.45, 7) is 0. The van der Waals surface area contributed by atoms with Crippen molar-refractivity contribution in [3.8, 4) is 0 Å². The number of Topliss-reactive ketones (excluding diaryl/α,β-unsaturated/α-hetero) is 1. The molecule has 0 saturated carbocycles. The second kappa shape index (κ2) is 5.10. The van der Waals surface area contributed by atoms with Gasteiger partial charge in [0.15, 0.2) is 5.78 Å². The lowest BCUT2D eigenvalue weighted by Gasteiger charge is -2.01. The summed E-state index contributed by atoms with van der Waals surface area (Å²) >= 11 is 6.10. The number of carbonyl (C=O) groups excluding carboxylic acids is 1. The lowest BCUT2D eigenvalue weighted by molar-refractivity contribution is 0.0989. The van der Waals surface area contributed by atoms with Crippen LogP contribution in [0.1, 0.15) is 16.1 Å². The van der Waals surface area contributed by atoms with E-state index in [9.17, 15) is 4.79 Å². The molecule has 0 saturated heterocycles. The highest BCUT2D eigenvalue weighted by Gasteiger charge is 2.16. The van der Waals surface area contributed by atoms with Crippen molar-refractivity contribution in [1.82, 2.24) is 9.78 Å². The molecule has 1 aromatic heterocycles. The minimum Gasteiger partial charge on any atom is -0.292 e. The molecule has 20 heavy (non-hydrogen) atoms. The average molecular weight is 285 g/mol. The van der Waals surface area contributed by atoms with Crippen molar-refractivity contribution in [2.75, 3.05) is 0 Å². The minimum absolute atomic E-state index is 0.0186. The van der Waals surface area contributed by atoms with Gasteiger partial charge in [-0.05, 0) is 17.7 Å². The van der Waals surface area contributed by atoms with Crippen LogP contribution in [0, 0.1) is 0 Å². The number of aromatic nitrogens is 2. The smallest absolute Gasteiger partial charge is 0.188 e. The third-order valence-corrected chi connectivity index (χ3v) is 3.70. The van der Waals surface area contributed by atoms with E-state index in [1.54, 1.807) is 10.7 Å². The zero-order chi connectivity index (χ0) is 14.1. The van der Waals surface area contributed by atoms with Crippen LogP contribution in [0.4, 0.5) is 0 Å². The minimum atomic E-state index is -0.0186. The second-order valence-electron chi connectivity index (χ2n) is 4.68. The largest absolute Gasteiger partial charge is 0.292 e. The molecule has 0 N–H and O–H groups in total. The van der Waals surface area contributed by atoms with E-state index in [4.69, 9.17) is 11.6 Å². The van der Waals surface area contributed by atoms with Gasteiger partial charge in [-0.25, -0.2) is 0 Å². The molecule has 0 atom stereocenters. The summed E-state index contributed by atoms with van der Waals surface area (Å²) < 4.78 is 1.73. The Bertz CT molecular complexity index is 792. The van der Waals surface area contributed by atoms with E-state index in [1.807, 2.05) is 49.5 Å². The van der Waals surface area contributed by atoms with E-state index in [2.05, 4.69) is 5.10 Å². The monoisotopic (exact) mass is 284 g/mol. The Balaban J connectivity index is 2.00. The van der Waals surface area contributed by atoms with E-state index >= 15 is 0 Å². The molecule has 3 aromatic rings. The number of para-hydroxylation sites is 1. The maximum absolute atomic E-state index is 12.5. The fourth-order valence-corrected chi connectivity index (χ4v) is 2.52. The Hall–Kier alpha value is -2.13. The summed E-state index contributed by atoms with van der Waals surface area (Å²) in [5, 5.41) is 5.83. The van der Waals surface area contributed by atoms with Crippen LogP contribution in [-0.4, -0.2) is 15.6 Å². The summed E-state index contributed by atoms with van der Waals surface area (Å²) in [5.74, 6) is -0.0186. The summed E-state index contributed by atoms with van der Waals surface area (Å²) in [4.78, 5) is 12.5. The highest BCUT2D eigenvalue weighted by molar-refractivity contribution is 6.31. The topological polar surface area (TPSA) is 34.9 Å². The SMILES string of the molecule is Cn1nc(C(=O)Cc2ccccc2Cl)c2ccccc21. The molecule has 3 rings (SSSR count). The first-order valence-electron chi connectivity index (χ1n) is 6.35. The molecular formula is C16H13ClN2O. The van der Waals surface area contributed by atoms with Crippen LogP contribution in [0.2, 0.25) is 5.02 Å². The van der Waals surface area contributed by atoms with Gasteiger partial charge < -0.3 is 0 Å². The van der Waals surface area contributed by atoms with E-state index < -0.39 is 0 Å². The summed E-state index contributed by atoms with van der Waals surface area (Å²) in [5.41, 5.74) is 2.28. The molecule has 0 aliphatic rings. The van der Waals surface area contributed by atoms with Gasteiger partial charge in [0, 0.05) is 23.9 Å². The highest BCUT2D eigenvalue weighted by Crippen LogP contribution is 2.21. The van der Waals surface area contributed by atoms with Gasteiger partial charge >= 0.3 is 0 Å². The number of nitrogens with zero attached hydrogens (tertiary/aromatic N) is 2. The van der Waals surface area contributed by atoms with Crippen molar-refractivity contribution in [1.29, 1.82) is 0 Å². The van der Waals surface area contributed by atoms with Gasteiger partial charge in [0.05, 0.1) is 5.52 Å². The molecule has 0 radical (unpaired) electrons. The number of ketones is 1. The molecule has 0 aliphatic carbocycles. The second-order valence-corrected chi connectivity index (χ2v) is 5.09. The van der Waals surface area contributed by atoms with E-state index in [0.717, 1.165) is 16.5 Å².